The molecule has 0 aliphatic heterocycles. The van der Waals surface area contributed by atoms with Gasteiger partial charge in [0, 0.05) is 19.4 Å². The molecule has 2 unspecified atom stereocenters. The quantitative estimate of drug-likeness (QED) is 0.705. The standard InChI is InChI=1S/C16H29NO3/c1-12-8-13(11-16(2,3)10-12)9-14(18)17-7-5-4-6-15(19)20/h12-13H,4-11H2,1-3H3,(H,17,18)(H,19,20). The van der Waals surface area contributed by atoms with E-state index in [1.807, 2.05) is 0 Å². The zero-order valence-corrected chi connectivity index (χ0v) is 13.1. The molecule has 0 bridgehead atoms. The Labute approximate surface area is 122 Å². The van der Waals surface area contributed by atoms with Crippen molar-refractivity contribution in [2.75, 3.05) is 6.54 Å². The van der Waals surface area contributed by atoms with Gasteiger partial charge in [-0.3, -0.25) is 9.59 Å². The van der Waals surface area contributed by atoms with Gasteiger partial charge in [-0.1, -0.05) is 20.8 Å². The first-order valence-electron chi connectivity index (χ1n) is 7.77. The topological polar surface area (TPSA) is 66.4 Å². The van der Waals surface area contributed by atoms with Crippen molar-refractivity contribution in [3.05, 3.63) is 0 Å². The van der Waals surface area contributed by atoms with Crippen LogP contribution in [-0.2, 0) is 9.59 Å². The largest absolute Gasteiger partial charge is 0.481 e. The predicted molar refractivity (Wildman–Crippen MR) is 79.4 cm³/mol. The molecule has 4 nitrogen and oxygen atoms in total. The average Bonchev–Trinajstić information content (AvgIpc) is 2.24. The maximum absolute atomic E-state index is 11.9. The fraction of sp³-hybridized carbons (Fsp3) is 0.875. The molecule has 1 fully saturated rings. The first kappa shape index (κ1) is 17.0. The van der Waals surface area contributed by atoms with Crippen LogP contribution in [0.3, 0.4) is 0 Å². The van der Waals surface area contributed by atoms with E-state index in [0.29, 0.717) is 36.6 Å². The second-order valence-corrected chi connectivity index (χ2v) is 7.18. The first-order chi connectivity index (χ1) is 9.28. The third-order valence-electron chi connectivity index (χ3n) is 4.09. The first-order valence-corrected chi connectivity index (χ1v) is 7.77. The number of nitrogens with one attached hydrogen (secondary N) is 1. The van der Waals surface area contributed by atoms with E-state index in [4.69, 9.17) is 5.11 Å². The third-order valence-corrected chi connectivity index (χ3v) is 4.09. The van der Waals surface area contributed by atoms with Gasteiger partial charge >= 0.3 is 5.97 Å². The number of hydrogen-bond acceptors (Lipinski definition) is 2. The van der Waals surface area contributed by atoms with Crippen molar-refractivity contribution in [2.24, 2.45) is 17.3 Å². The third kappa shape index (κ3) is 6.92. The number of carboxylic acids is 1. The number of rotatable bonds is 7. The molecule has 0 spiro atoms. The Balaban J connectivity index is 2.20. The number of amides is 1. The lowest BCUT2D eigenvalue weighted by molar-refractivity contribution is -0.137. The molecule has 1 rings (SSSR count). The Morgan fingerprint density at radius 3 is 2.55 bits per heavy atom. The molecular formula is C16H29NO3. The Hall–Kier alpha value is -1.06. The lowest BCUT2D eigenvalue weighted by atomic mass is 9.67. The lowest BCUT2D eigenvalue weighted by Gasteiger charge is -2.38. The molecule has 1 amide bonds. The second-order valence-electron chi connectivity index (χ2n) is 7.18. The number of carbonyl (C=O) groups excluding carboxylic acids is 1. The summed E-state index contributed by atoms with van der Waals surface area (Å²) in [5, 5.41) is 11.4. The van der Waals surface area contributed by atoms with E-state index < -0.39 is 5.97 Å². The van der Waals surface area contributed by atoms with Crippen LogP contribution in [0.1, 0.15) is 65.7 Å². The molecule has 1 aliphatic rings. The van der Waals surface area contributed by atoms with Crippen LogP contribution in [0.2, 0.25) is 0 Å². The molecule has 1 saturated carbocycles. The van der Waals surface area contributed by atoms with Gasteiger partial charge in [0.25, 0.3) is 0 Å². The summed E-state index contributed by atoms with van der Waals surface area (Å²) < 4.78 is 0. The van der Waals surface area contributed by atoms with Crippen LogP contribution in [0, 0.1) is 17.3 Å². The SMILES string of the molecule is CC1CC(CC(=O)NCCCCC(=O)O)CC(C)(C)C1. The van der Waals surface area contributed by atoms with Crippen LogP contribution >= 0.6 is 0 Å². The summed E-state index contributed by atoms with van der Waals surface area (Å²) in [6.07, 6.45) is 5.70. The van der Waals surface area contributed by atoms with Gasteiger partial charge in [0.05, 0.1) is 0 Å². The zero-order chi connectivity index (χ0) is 15.2. The molecule has 116 valence electrons. The Kier molecular flexibility index (Phi) is 6.50. The minimum absolute atomic E-state index is 0.121. The Morgan fingerprint density at radius 2 is 1.95 bits per heavy atom. The molecule has 2 atom stereocenters. The number of carbonyl (C=O) groups is 2. The van der Waals surface area contributed by atoms with E-state index >= 15 is 0 Å². The fourth-order valence-corrected chi connectivity index (χ4v) is 3.66. The van der Waals surface area contributed by atoms with Gasteiger partial charge in [-0.2, -0.15) is 0 Å². The molecule has 4 heteroatoms. The lowest BCUT2D eigenvalue weighted by Crippen LogP contribution is -2.32. The van der Waals surface area contributed by atoms with Crippen molar-refractivity contribution in [2.45, 2.75) is 65.7 Å². The maximum Gasteiger partial charge on any atom is 0.303 e. The molecule has 2 N–H and O–H groups in total. The van der Waals surface area contributed by atoms with Crippen molar-refractivity contribution in [1.82, 2.24) is 5.32 Å². The Bertz CT molecular complexity index is 339. The van der Waals surface area contributed by atoms with E-state index in [9.17, 15) is 9.59 Å². The summed E-state index contributed by atoms with van der Waals surface area (Å²) in [7, 11) is 0. The summed E-state index contributed by atoms with van der Waals surface area (Å²) >= 11 is 0. The summed E-state index contributed by atoms with van der Waals surface area (Å²) in [5.41, 5.74) is 0.351. The predicted octanol–water partition coefficient (Wildman–Crippen LogP) is 3.21. The molecule has 0 radical (unpaired) electrons. The van der Waals surface area contributed by atoms with Gasteiger partial charge in [0.1, 0.15) is 0 Å². The monoisotopic (exact) mass is 283 g/mol. The highest BCUT2D eigenvalue weighted by atomic mass is 16.4. The van der Waals surface area contributed by atoms with Crippen molar-refractivity contribution < 1.29 is 14.7 Å². The molecule has 20 heavy (non-hydrogen) atoms. The molecular weight excluding hydrogens is 254 g/mol. The number of carboxylic acid groups (broad SMARTS) is 1. The van der Waals surface area contributed by atoms with Crippen LogP contribution in [0.5, 0.6) is 0 Å². The van der Waals surface area contributed by atoms with Gasteiger partial charge in [0.15, 0.2) is 0 Å². The number of aliphatic carboxylic acids is 1. The van der Waals surface area contributed by atoms with Crippen molar-refractivity contribution >= 4 is 11.9 Å². The van der Waals surface area contributed by atoms with Crippen molar-refractivity contribution in [3.8, 4) is 0 Å². The molecule has 0 aromatic carbocycles. The van der Waals surface area contributed by atoms with Crippen molar-refractivity contribution in [1.29, 1.82) is 0 Å². The minimum Gasteiger partial charge on any atom is -0.481 e. The van der Waals surface area contributed by atoms with Crippen molar-refractivity contribution in [3.63, 3.8) is 0 Å². The van der Waals surface area contributed by atoms with Crippen LogP contribution in [0.25, 0.3) is 0 Å². The van der Waals surface area contributed by atoms with E-state index in [1.54, 1.807) is 0 Å². The van der Waals surface area contributed by atoms with Crippen LogP contribution < -0.4 is 5.32 Å². The minimum atomic E-state index is -0.769. The zero-order valence-electron chi connectivity index (χ0n) is 13.1. The maximum atomic E-state index is 11.9. The number of unbranched alkanes of at least 4 members (excludes halogenated alkanes) is 1. The molecule has 1 aliphatic carbocycles. The molecule has 0 aromatic rings. The molecule has 0 saturated heterocycles. The van der Waals surface area contributed by atoms with Gasteiger partial charge in [-0.25, -0.2) is 0 Å². The molecule has 0 heterocycles. The summed E-state index contributed by atoms with van der Waals surface area (Å²) in [5.74, 6) is 0.546. The molecule has 0 aromatic heterocycles. The summed E-state index contributed by atoms with van der Waals surface area (Å²) in [6.45, 7) is 7.45. The second kappa shape index (κ2) is 7.65. The number of hydrogen-bond donors (Lipinski definition) is 2. The van der Waals surface area contributed by atoms with E-state index in [0.717, 1.165) is 19.3 Å². The van der Waals surface area contributed by atoms with Gasteiger partial charge < -0.3 is 10.4 Å². The van der Waals surface area contributed by atoms with E-state index in [2.05, 4.69) is 26.1 Å². The van der Waals surface area contributed by atoms with Gasteiger partial charge in [-0.15, -0.1) is 0 Å². The Morgan fingerprint density at radius 1 is 1.25 bits per heavy atom. The van der Waals surface area contributed by atoms with E-state index in [1.165, 1.54) is 6.42 Å². The van der Waals surface area contributed by atoms with E-state index in [-0.39, 0.29) is 12.3 Å². The van der Waals surface area contributed by atoms with Gasteiger partial charge in [0.2, 0.25) is 5.91 Å². The van der Waals surface area contributed by atoms with Gasteiger partial charge in [-0.05, 0) is 49.4 Å². The summed E-state index contributed by atoms with van der Waals surface area (Å²) in [4.78, 5) is 22.3. The van der Waals surface area contributed by atoms with Crippen LogP contribution in [0.15, 0.2) is 0 Å². The summed E-state index contributed by atoms with van der Waals surface area (Å²) in [6, 6.07) is 0. The highest BCUT2D eigenvalue weighted by Crippen LogP contribution is 2.42. The van der Waals surface area contributed by atoms with Crippen LogP contribution in [0.4, 0.5) is 0 Å². The highest BCUT2D eigenvalue weighted by Gasteiger charge is 2.32. The normalized spacial score (nSPS) is 25.1. The fourth-order valence-electron chi connectivity index (χ4n) is 3.66. The smallest absolute Gasteiger partial charge is 0.303 e. The average molecular weight is 283 g/mol. The van der Waals surface area contributed by atoms with Crippen LogP contribution in [-0.4, -0.2) is 23.5 Å². The highest BCUT2D eigenvalue weighted by molar-refractivity contribution is 5.76.